The monoisotopic (exact) mass is 272 g/mol. The molecular weight excluding hydrogens is 255 g/mol. The van der Waals surface area contributed by atoms with Gasteiger partial charge in [0.2, 0.25) is 0 Å². The van der Waals surface area contributed by atoms with Crippen LogP contribution in [0.2, 0.25) is 0 Å². The Balaban J connectivity index is 0.00000162. The lowest BCUT2D eigenvalue weighted by molar-refractivity contribution is 0.0743. The molecule has 1 fully saturated rings. The van der Waals surface area contributed by atoms with Crippen LogP contribution in [0, 0.1) is 12.7 Å². The molecule has 0 aliphatic carbocycles. The molecular formula is C13H18ClFN2O. The van der Waals surface area contributed by atoms with E-state index in [0.717, 1.165) is 19.5 Å². The predicted molar refractivity (Wildman–Crippen MR) is 71.8 cm³/mol. The van der Waals surface area contributed by atoms with Crippen molar-refractivity contribution in [2.75, 3.05) is 20.1 Å². The quantitative estimate of drug-likeness (QED) is 0.893. The molecule has 0 radical (unpaired) electrons. The third-order valence-electron chi connectivity index (χ3n) is 3.32. The molecule has 5 heteroatoms. The second kappa shape index (κ2) is 6.16. The van der Waals surface area contributed by atoms with Gasteiger partial charge < -0.3 is 10.2 Å². The van der Waals surface area contributed by atoms with E-state index in [9.17, 15) is 9.18 Å². The zero-order valence-electron chi connectivity index (χ0n) is 10.6. The van der Waals surface area contributed by atoms with E-state index in [4.69, 9.17) is 0 Å². The van der Waals surface area contributed by atoms with E-state index in [1.807, 2.05) is 0 Å². The average molecular weight is 273 g/mol. The average Bonchev–Trinajstić information content (AvgIpc) is 2.84. The molecule has 0 aromatic heterocycles. The van der Waals surface area contributed by atoms with Crippen molar-refractivity contribution in [3.05, 3.63) is 35.1 Å². The summed E-state index contributed by atoms with van der Waals surface area (Å²) < 4.78 is 13.4. The molecule has 1 heterocycles. The second-order valence-electron chi connectivity index (χ2n) is 4.53. The minimum Gasteiger partial charge on any atom is -0.337 e. The van der Waals surface area contributed by atoms with E-state index in [1.54, 1.807) is 31.0 Å². The Morgan fingerprint density at radius 2 is 2.22 bits per heavy atom. The first-order chi connectivity index (χ1) is 8.09. The molecule has 1 atom stereocenters. The molecule has 1 saturated heterocycles. The van der Waals surface area contributed by atoms with Crippen LogP contribution in [0.3, 0.4) is 0 Å². The summed E-state index contributed by atoms with van der Waals surface area (Å²) in [5, 5.41) is 3.21. The van der Waals surface area contributed by atoms with Crippen molar-refractivity contribution < 1.29 is 9.18 Å². The zero-order chi connectivity index (χ0) is 12.4. The first-order valence-corrected chi connectivity index (χ1v) is 5.83. The largest absolute Gasteiger partial charge is 0.337 e. The molecule has 1 aliphatic heterocycles. The van der Waals surface area contributed by atoms with E-state index < -0.39 is 0 Å². The summed E-state index contributed by atoms with van der Waals surface area (Å²) in [6.07, 6.45) is 0.955. The minimum atomic E-state index is -0.325. The maximum Gasteiger partial charge on any atom is 0.253 e. The number of hydrogen-bond donors (Lipinski definition) is 1. The summed E-state index contributed by atoms with van der Waals surface area (Å²) in [5.41, 5.74) is 0.981. The van der Waals surface area contributed by atoms with E-state index in [0.29, 0.717) is 11.1 Å². The molecule has 1 unspecified atom stereocenters. The minimum absolute atomic E-state index is 0. The fourth-order valence-corrected chi connectivity index (χ4v) is 2.07. The second-order valence-corrected chi connectivity index (χ2v) is 4.53. The van der Waals surface area contributed by atoms with Gasteiger partial charge in [0.15, 0.2) is 0 Å². The van der Waals surface area contributed by atoms with Crippen LogP contribution in [-0.4, -0.2) is 37.0 Å². The van der Waals surface area contributed by atoms with Gasteiger partial charge in [-0.3, -0.25) is 4.79 Å². The molecule has 1 aliphatic rings. The van der Waals surface area contributed by atoms with E-state index >= 15 is 0 Å². The van der Waals surface area contributed by atoms with Crippen molar-refractivity contribution >= 4 is 18.3 Å². The highest BCUT2D eigenvalue weighted by molar-refractivity contribution is 5.94. The van der Waals surface area contributed by atoms with Crippen LogP contribution in [0.1, 0.15) is 22.3 Å². The van der Waals surface area contributed by atoms with Crippen molar-refractivity contribution in [3.8, 4) is 0 Å². The van der Waals surface area contributed by atoms with Crippen LogP contribution < -0.4 is 5.32 Å². The van der Waals surface area contributed by atoms with Crippen molar-refractivity contribution in [2.24, 2.45) is 0 Å². The maximum absolute atomic E-state index is 13.4. The van der Waals surface area contributed by atoms with E-state index in [2.05, 4.69) is 5.32 Å². The number of hydrogen-bond acceptors (Lipinski definition) is 2. The Morgan fingerprint density at radius 3 is 2.78 bits per heavy atom. The van der Waals surface area contributed by atoms with Crippen molar-refractivity contribution in [3.63, 3.8) is 0 Å². The van der Waals surface area contributed by atoms with Crippen molar-refractivity contribution in [1.29, 1.82) is 0 Å². The summed E-state index contributed by atoms with van der Waals surface area (Å²) in [4.78, 5) is 13.8. The Hall–Kier alpha value is -1.13. The lowest BCUT2D eigenvalue weighted by Gasteiger charge is -2.23. The van der Waals surface area contributed by atoms with Gasteiger partial charge in [0.25, 0.3) is 5.91 Å². The van der Waals surface area contributed by atoms with Crippen LogP contribution in [0.25, 0.3) is 0 Å². The molecule has 1 N–H and O–H groups in total. The van der Waals surface area contributed by atoms with Gasteiger partial charge in [-0.05, 0) is 37.6 Å². The fraction of sp³-hybridized carbons (Fsp3) is 0.462. The van der Waals surface area contributed by atoms with Crippen LogP contribution in [0.4, 0.5) is 4.39 Å². The van der Waals surface area contributed by atoms with Gasteiger partial charge >= 0.3 is 0 Å². The standard InChI is InChI=1S/C13H17FN2O.ClH/c1-9-3-4-10(7-12(9)14)13(17)16(2)11-5-6-15-8-11;/h3-4,7,11,15H,5-6,8H2,1-2H3;1H. The summed E-state index contributed by atoms with van der Waals surface area (Å²) in [6.45, 7) is 3.44. The van der Waals surface area contributed by atoms with Crippen LogP contribution in [0.5, 0.6) is 0 Å². The molecule has 1 amide bonds. The molecule has 2 rings (SSSR count). The number of aryl methyl sites for hydroxylation is 1. The molecule has 100 valence electrons. The summed E-state index contributed by atoms with van der Waals surface area (Å²) in [5.74, 6) is -0.439. The number of nitrogens with zero attached hydrogens (tertiary/aromatic N) is 1. The Labute approximate surface area is 113 Å². The normalized spacial score (nSPS) is 18.3. The van der Waals surface area contributed by atoms with Gasteiger partial charge in [0.1, 0.15) is 5.82 Å². The smallest absolute Gasteiger partial charge is 0.253 e. The van der Waals surface area contributed by atoms with Crippen LogP contribution in [-0.2, 0) is 0 Å². The van der Waals surface area contributed by atoms with Gasteiger partial charge in [-0.15, -0.1) is 12.4 Å². The number of amides is 1. The number of carbonyl (C=O) groups excluding carboxylic acids is 1. The van der Waals surface area contributed by atoms with Gasteiger partial charge in [0.05, 0.1) is 0 Å². The van der Waals surface area contributed by atoms with E-state index in [-0.39, 0.29) is 30.2 Å². The first kappa shape index (κ1) is 14.9. The molecule has 0 bridgehead atoms. The van der Waals surface area contributed by atoms with E-state index in [1.165, 1.54) is 6.07 Å². The number of carbonyl (C=O) groups is 1. The van der Waals surface area contributed by atoms with Crippen molar-refractivity contribution in [1.82, 2.24) is 10.2 Å². The number of benzene rings is 1. The lowest BCUT2D eigenvalue weighted by Crippen LogP contribution is -2.38. The zero-order valence-corrected chi connectivity index (χ0v) is 11.4. The predicted octanol–water partition coefficient (Wildman–Crippen LogP) is 1.99. The third-order valence-corrected chi connectivity index (χ3v) is 3.32. The lowest BCUT2D eigenvalue weighted by atomic mass is 10.1. The Bertz CT molecular complexity index is 433. The highest BCUT2D eigenvalue weighted by Gasteiger charge is 2.24. The SMILES string of the molecule is Cc1ccc(C(=O)N(C)C2CCNC2)cc1F.Cl. The number of rotatable bonds is 2. The molecule has 18 heavy (non-hydrogen) atoms. The number of nitrogens with one attached hydrogen (secondary N) is 1. The Kier molecular flexibility index (Phi) is 5.11. The summed E-state index contributed by atoms with van der Waals surface area (Å²) in [7, 11) is 1.78. The number of likely N-dealkylation sites (N-methyl/N-ethyl adjacent to an activating group) is 1. The van der Waals surface area contributed by atoms with Crippen molar-refractivity contribution in [2.45, 2.75) is 19.4 Å². The maximum atomic E-state index is 13.4. The molecule has 1 aromatic rings. The highest BCUT2D eigenvalue weighted by Crippen LogP contribution is 2.14. The fourth-order valence-electron chi connectivity index (χ4n) is 2.07. The Morgan fingerprint density at radius 1 is 1.50 bits per heavy atom. The first-order valence-electron chi connectivity index (χ1n) is 5.83. The highest BCUT2D eigenvalue weighted by atomic mass is 35.5. The molecule has 3 nitrogen and oxygen atoms in total. The summed E-state index contributed by atoms with van der Waals surface area (Å²) >= 11 is 0. The van der Waals surface area contributed by atoms with Gasteiger partial charge in [-0.25, -0.2) is 4.39 Å². The molecule has 1 aromatic carbocycles. The topological polar surface area (TPSA) is 32.3 Å². The number of halogens is 2. The molecule has 0 saturated carbocycles. The third kappa shape index (κ3) is 3.00. The van der Waals surface area contributed by atoms with Gasteiger partial charge in [-0.2, -0.15) is 0 Å². The summed E-state index contributed by atoms with van der Waals surface area (Å²) in [6, 6.07) is 4.85. The van der Waals surface area contributed by atoms with Crippen LogP contribution in [0.15, 0.2) is 18.2 Å². The van der Waals surface area contributed by atoms with Gasteiger partial charge in [0, 0.05) is 25.2 Å². The molecule has 0 spiro atoms. The van der Waals surface area contributed by atoms with Gasteiger partial charge in [-0.1, -0.05) is 6.07 Å². The van der Waals surface area contributed by atoms with Crippen LogP contribution >= 0.6 is 12.4 Å².